The summed E-state index contributed by atoms with van der Waals surface area (Å²) < 4.78 is 6.16. The van der Waals surface area contributed by atoms with Gasteiger partial charge in [0.2, 0.25) is 0 Å². The number of hydrogen-bond donors (Lipinski definition) is 0. The SMILES string of the molecule is c1ccc(N(c2ccc(-c3cccc(-c4cc5ccccc5o4)c3)cc2)c2ccc(-c3ccc4c(ccc5ccccc54)c3)cc2)cc1. The summed E-state index contributed by atoms with van der Waals surface area (Å²) in [5.41, 5.74) is 10.0. The first-order chi connectivity index (χ1) is 23.8. The monoisotopic (exact) mass is 613 g/mol. The van der Waals surface area contributed by atoms with Gasteiger partial charge in [-0.15, -0.1) is 0 Å². The number of anilines is 3. The van der Waals surface area contributed by atoms with Crippen LogP contribution in [0, 0.1) is 0 Å². The third kappa shape index (κ3) is 5.10. The number of rotatable bonds is 6. The van der Waals surface area contributed by atoms with Crippen molar-refractivity contribution in [3.8, 4) is 33.6 Å². The van der Waals surface area contributed by atoms with Gasteiger partial charge in [0.25, 0.3) is 0 Å². The zero-order chi connectivity index (χ0) is 31.9. The third-order valence-corrected chi connectivity index (χ3v) is 9.25. The molecule has 1 aromatic heterocycles. The van der Waals surface area contributed by atoms with E-state index in [1.165, 1.54) is 32.7 Å². The van der Waals surface area contributed by atoms with Crippen molar-refractivity contribution in [2.45, 2.75) is 0 Å². The number of furan rings is 1. The van der Waals surface area contributed by atoms with E-state index in [1.54, 1.807) is 0 Å². The molecule has 0 spiro atoms. The summed E-state index contributed by atoms with van der Waals surface area (Å²) in [7, 11) is 0. The van der Waals surface area contributed by atoms with E-state index in [4.69, 9.17) is 4.42 Å². The standard InChI is InChI=1S/C46H31NO/c1-2-13-40(14-3-1)47(42-26-21-33(22-27-42)36-23-28-44-37(29-36)18-17-34-9-4-6-15-43(34)44)41-24-19-32(20-25-41)35-11-8-12-38(30-35)46-31-39-10-5-7-16-45(39)48-46/h1-31H. The highest BCUT2D eigenvalue weighted by atomic mass is 16.3. The zero-order valence-electron chi connectivity index (χ0n) is 26.3. The van der Waals surface area contributed by atoms with Crippen LogP contribution in [0.2, 0.25) is 0 Å². The van der Waals surface area contributed by atoms with Crippen LogP contribution < -0.4 is 4.90 Å². The largest absolute Gasteiger partial charge is 0.456 e. The van der Waals surface area contributed by atoms with Crippen LogP contribution in [0.5, 0.6) is 0 Å². The molecule has 0 aliphatic heterocycles. The van der Waals surface area contributed by atoms with E-state index in [0.717, 1.165) is 50.5 Å². The minimum Gasteiger partial charge on any atom is -0.456 e. The van der Waals surface area contributed by atoms with Crippen LogP contribution in [0.25, 0.3) is 66.1 Å². The van der Waals surface area contributed by atoms with Gasteiger partial charge in [0, 0.05) is 28.0 Å². The highest BCUT2D eigenvalue weighted by molar-refractivity contribution is 6.08. The van der Waals surface area contributed by atoms with Crippen molar-refractivity contribution in [2.75, 3.05) is 4.90 Å². The van der Waals surface area contributed by atoms with Gasteiger partial charge in [-0.25, -0.2) is 0 Å². The van der Waals surface area contributed by atoms with Crippen LogP contribution in [0.15, 0.2) is 192 Å². The van der Waals surface area contributed by atoms with E-state index >= 15 is 0 Å². The summed E-state index contributed by atoms with van der Waals surface area (Å²) in [6.07, 6.45) is 0. The minimum absolute atomic E-state index is 0.880. The Bertz CT molecular complexity index is 2510. The summed E-state index contributed by atoms with van der Waals surface area (Å²) in [5.74, 6) is 0.880. The van der Waals surface area contributed by atoms with Crippen molar-refractivity contribution in [3.63, 3.8) is 0 Å². The van der Waals surface area contributed by atoms with E-state index in [2.05, 4.69) is 175 Å². The van der Waals surface area contributed by atoms with Gasteiger partial charge in [0.15, 0.2) is 0 Å². The third-order valence-electron chi connectivity index (χ3n) is 9.25. The molecule has 0 aliphatic rings. The molecule has 2 nitrogen and oxygen atoms in total. The summed E-state index contributed by atoms with van der Waals surface area (Å²) in [4.78, 5) is 2.31. The molecule has 0 atom stereocenters. The predicted octanol–water partition coefficient (Wildman–Crippen LogP) is 13.2. The Balaban J connectivity index is 1.03. The minimum atomic E-state index is 0.880. The van der Waals surface area contributed by atoms with Gasteiger partial charge in [-0.2, -0.15) is 0 Å². The number of benzene rings is 8. The van der Waals surface area contributed by atoms with Crippen molar-refractivity contribution >= 4 is 49.6 Å². The average molecular weight is 614 g/mol. The lowest BCUT2D eigenvalue weighted by Gasteiger charge is -2.26. The Morgan fingerprint density at radius 1 is 0.312 bits per heavy atom. The number of para-hydroxylation sites is 2. The lowest BCUT2D eigenvalue weighted by Crippen LogP contribution is -2.09. The van der Waals surface area contributed by atoms with Crippen molar-refractivity contribution < 1.29 is 4.42 Å². The van der Waals surface area contributed by atoms with Crippen molar-refractivity contribution in [3.05, 3.63) is 188 Å². The van der Waals surface area contributed by atoms with Crippen LogP contribution in [0.1, 0.15) is 0 Å². The fraction of sp³-hybridized carbons (Fsp3) is 0. The molecule has 0 unspecified atom stereocenters. The van der Waals surface area contributed by atoms with Crippen molar-refractivity contribution in [1.29, 1.82) is 0 Å². The molecule has 0 N–H and O–H groups in total. The lowest BCUT2D eigenvalue weighted by molar-refractivity contribution is 0.631. The van der Waals surface area contributed by atoms with Crippen molar-refractivity contribution in [2.24, 2.45) is 0 Å². The molecular formula is C46H31NO. The Kier molecular flexibility index (Phi) is 6.84. The normalized spacial score (nSPS) is 11.3. The molecule has 0 saturated heterocycles. The molecular weight excluding hydrogens is 583 g/mol. The second-order valence-electron chi connectivity index (χ2n) is 12.2. The predicted molar refractivity (Wildman–Crippen MR) is 202 cm³/mol. The molecule has 0 amide bonds. The van der Waals surface area contributed by atoms with Crippen LogP contribution in [-0.2, 0) is 0 Å². The lowest BCUT2D eigenvalue weighted by atomic mass is 9.97. The Hall–Kier alpha value is -6.38. The molecule has 0 fully saturated rings. The second-order valence-corrected chi connectivity index (χ2v) is 12.2. The molecule has 226 valence electrons. The van der Waals surface area contributed by atoms with E-state index in [9.17, 15) is 0 Å². The number of nitrogens with zero attached hydrogens (tertiary/aromatic N) is 1. The molecule has 9 aromatic rings. The fourth-order valence-corrected chi connectivity index (χ4v) is 6.80. The van der Waals surface area contributed by atoms with Gasteiger partial charge >= 0.3 is 0 Å². The topological polar surface area (TPSA) is 16.4 Å². The van der Waals surface area contributed by atoms with Gasteiger partial charge < -0.3 is 9.32 Å². The maximum absolute atomic E-state index is 6.16. The summed E-state index contributed by atoms with van der Waals surface area (Å²) >= 11 is 0. The maximum atomic E-state index is 6.16. The molecule has 1 heterocycles. The van der Waals surface area contributed by atoms with Crippen LogP contribution in [0.4, 0.5) is 17.1 Å². The average Bonchev–Trinajstić information content (AvgIpc) is 3.61. The summed E-state index contributed by atoms with van der Waals surface area (Å²) in [6.45, 7) is 0. The molecule has 8 aromatic carbocycles. The van der Waals surface area contributed by atoms with Crippen molar-refractivity contribution in [1.82, 2.24) is 0 Å². The Morgan fingerprint density at radius 3 is 1.62 bits per heavy atom. The first-order valence-electron chi connectivity index (χ1n) is 16.3. The van der Waals surface area contributed by atoms with E-state index in [-0.39, 0.29) is 0 Å². The molecule has 9 rings (SSSR count). The fourth-order valence-electron chi connectivity index (χ4n) is 6.80. The van der Waals surface area contributed by atoms with Crippen LogP contribution in [-0.4, -0.2) is 0 Å². The molecule has 48 heavy (non-hydrogen) atoms. The smallest absolute Gasteiger partial charge is 0.135 e. The number of fused-ring (bicyclic) bond motifs is 4. The summed E-state index contributed by atoms with van der Waals surface area (Å²) in [6, 6.07) is 66.9. The molecule has 2 heteroatoms. The Morgan fingerprint density at radius 2 is 0.875 bits per heavy atom. The van der Waals surface area contributed by atoms with Gasteiger partial charge in [-0.3, -0.25) is 0 Å². The van der Waals surface area contributed by atoms with Crippen LogP contribution in [0.3, 0.4) is 0 Å². The van der Waals surface area contributed by atoms with Gasteiger partial charge in [0.05, 0.1) is 0 Å². The van der Waals surface area contributed by atoms with E-state index in [1.807, 2.05) is 18.2 Å². The first-order valence-corrected chi connectivity index (χ1v) is 16.3. The Labute approximate surface area is 279 Å². The molecule has 0 radical (unpaired) electrons. The molecule has 0 aliphatic carbocycles. The quantitative estimate of drug-likeness (QED) is 0.174. The summed E-state index contributed by atoms with van der Waals surface area (Å²) in [5, 5.41) is 6.22. The zero-order valence-corrected chi connectivity index (χ0v) is 26.3. The first kappa shape index (κ1) is 27.9. The van der Waals surface area contributed by atoms with Gasteiger partial charge in [-0.05, 0) is 104 Å². The highest BCUT2D eigenvalue weighted by Crippen LogP contribution is 2.38. The molecule has 0 saturated carbocycles. The van der Waals surface area contributed by atoms with E-state index in [0.29, 0.717) is 0 Å². The maximum Gasteiger partial charge on any atom is 0.135 e. The van der Waals surface area contributed by atoms with Crippen LogP contribution >= 0.6 is 0 Å². The number of hydrogen-bond acceptors (Lipinski definition) is 2. The van der Waals surface area contributed by atoms with Gasteiger partial charge in [-0.1, -0.05) is 127 Å². The highest BCUT2D eigenvalue weighted by Gasteiger charge is 2.14. The molecule has 0 bridgehead atoms. The van der Waals surface area contributed by atoms with Gasteiger partial charge in [0.1, 0.15) is 11.3 Å². The second kappa shape index (κ2) is 11.8. The van der Waals surface area contributed by atoms with E-state index < -0.39 is 0 Å².